The van der Waals surface area contributed by atoms with Crippen LogP contribution in [0.5, 0.6) is 0 Å². The predicted octanol–water partition coefficient (Wildman–Crippen LogP) is 0.628. The van der Waals surface area contributed by atoms with E-state index in [9.17, 15) is 4.79 Å². The number of carbonyl (C=O) groups is 1. The van der Waals surface area contributed by atoms with Gasteiger partial charge in [0.2, 0.25) is 5.91 Å². The zero-order valence-electron chi connectivity index (χ0n) is 5.73. The summed E-state index contributed by atoms with van der Waals surface area (Å²) in [7, 11) is 1.69. The van der Waals surface area contributed by atoms with Crippen LogP contribution in [0, 0.1) is 0 Å². The quantitative estimate of drug-likeness (QED) is 0.617. The Labute approximate surface area is 59.4 Å². The molecule has 0 heterocycles. The van der Waals surface area contributed by atoms with Crippen LogP contribution in [0.15, 0.2) is 0 Å². The van der Waals surface area contributed by atoms with Crippen molar-refractivity contribution < 1.29 is 4.79 Å². The van der Waals surface area contributed by atoms with Crippen LogP contribution in [0.1, 0.15) is 12.8 Å². The van der Waals surface area contributed by atoms with Crippen molar-refractivity contribution in [2.24, 2.45) is 0 Å². The van der Waals surface area contributed by atoms with Crippen LogP contribution in [0.3, 0.4) is 0 Å². The van der Waals surface area contributed by atoms with E-state index in [2.05, 4.69) is 5.32 Å². The molecule has 2 nitrogen and oxygen atoms in total. The Balaban J connectivity index is 2.49. The molecule has 1 rings (SSSR count). The standard InChI is InChI=1S/C6H11NOS/c1-7-5(8)6(9-2)3-4-6/h3-4H2,1-2H3,(H,7,8). The van der Waals surface area contributed by atoms with Gasteiger partial charge in [-0.15, -0.1) is 11.8 Å². The molecule has 9 heavy (non-hydrogen) atoms. The van der Waals surface area contributed by atoms with Gasteiger partial charge in [0, 0.05) is 7.05 Å². The Morgan fingerprint density at radius 2 is 2.22 bits per heavy atom. The lowest BCUT2D eigenvalue weighted by atomic mass is 10.4. The molecule has 0 radical (unpaired) electrons. The third kappa shape index (κ3) is 1.06. The highest BCUT2D eigenvalue weighted by Gasteiger charge is 2.48. The van der Waals surface area contributed by atoms with E-state index in [1.165, 1.54) is 0 Å². The Kier molecular flexibility index (Phi) is 1.70. The molecule has 0 saturated heterocycles. The summed E-state index contributed by atoms with van der Waals surface area (Å²) in [5, 5.41) is 2.66. The average molecular weight is 145 g/mol. The van der Waals surface area contributed by atoms with Crippen molar-refractivity contribution in [1.29, 1.82) is 0 Å². The van der Waals surface area contributed by atoms with E-state index in [0.717, 1.165) is 12.8 Å². The molecule has 0 unspecified atom stereocenters. The minimum Gasteiger partial charge on any atom is -0.358 e. The average Bonchev–Trinajstić information content (AvgIpc) is 2.66. The lowest BCUT2D eigenvalue weighted by molar-refractivity contribution is -0.120. The van der Waals surface area contributed by atoms with E-state index in [-0.39, 0.29) is 10.7 Å². The first-order valence-electron chi connectivity index (χ1n) is 3.02. The maximum atomic E-state index is 11.0. The van der Waals surface area contributed by atoms with Crippen molar-refractivity contribution in [2.45, 2.75) is 17.6 Å². The van der Waals surface area contributed by atoms with E-state index >= 15 is 0 Å². The summed E-state index contributed by atoms with van der Waals surface area (Å²) in [4.78, 5) is 11.0. The fraction of sp³-hybridized carbons (Fsp3) is 0.833. The molecule has 1 amide bonds. The summed E-state index contributed by atoms with van der Waals surface area (Å²) in [6.45, 7) is 0. The number of carbonyl (C=O) groups excluding carboxylic acids is 1. The third-order valence-electron chi connectivity index (χ3n) is 1.74. The Morgan fingerprint density at radius 1 is 1.67 bits per heavy atom. The highest BCUT2D eigenvalue weighted by Crippen LogP contribution is 2.47. The molecule has 0 aromatic carbocycles. The van der Waals surface area contributed by atoms with Crippen LogP contribution in [-0.2, 0) is 4.79 Å². The number of hydrogen-bond donors (Lipinski definition) is 1. The number of hydrogen-bond acceptors (Lipinski definition) is 2. The van der Waals surface area contributed by atoms with Gasteiger partial charge in [0.15, 0.2) is 0 Å². The summed E-state index contributed by atoms with van der Waals surface area (Å²) >= 11 is 1.66. The van der Waals surface area contributed by atoms with Crippen LogP contribution < -0.4 is 5.32 Å². The normalized spacial score (nSPS) is 21.1. The van der Waals surface area contributed by atoms with Crippen LogP contribution in [0.2, 0.25) is 0 Å². The molecule has 1 saturated carbocycles. The van der Waals surface area contributed by atoms with E-state index in [4.69, 9.17) is 0 Å². The molecule has 3 heteroatoms. The van der Waals surface area contributed by atoms with E-state index in [1.807, 2.05) is 6.26 Å². The maximum absolute atomic E-state index is 11.0. The molecule has 0 spiro atoms. The molecule has 1 fully saturated rings. The second kappa shape index (κ2) is 2.21. The molecule has 0 aromatic rings. The lowest BCUT2D eigenvalue weighted by Gasteiger charge is -2.07. The smallest absolute Gasteiger partial charge is 0.235 e. The largest absolute Gasteiger partial charge is 0.358 e. The highest BCUT2D eigenvalue weighted by molar-refractivity contribution is 8.01. The second-order valence-electron chi connectivity index (χ2n) is 2.28. The van der Waals surface area contributed by atoms with Crippen molar-refractivity contribution in [1.82, 2.24) is 5.32 Å². The zero-order valence-corrected chi connectivity index (χ0v) is 6.55. The van der Waals surface area contributed by atoms with Gasteiger partial charge in [0.1, 0.15) is 0 Å². The molecular formula is C6H11NOS. The molecular weight excluding hydrogens is 134 g/mol. The van der Waals surface area contributed by atoms with E-state index in [1.54, 1.807) is 18.8 Å². The minimum atomic E-state index is -0.0330. The number of amides is 1. The molecule has 0 aromatic heterocycles. The van der Waals surface area contributed by atoms with E-state index < -0.39 is 0 Å². The van der Waals surface area contributed by atoms with Crippen molar-refractivity contribution in [3.8, 4) is 0 Å². The van der Waals surface area contributed by atoms with Gasteiger partial charge in [0.05, 0.1) is 4.75 Å². The van der Waals surface area contributed by atoms with Crippen molar-refractivity contribution >= 4 is 17.7 Å². The summed E-state index contributed by atoms with van der Waals surface area (Å²) < 4.78 is -0.0330. The minimum absolute atomic E-state index is 0.0330. The Bertz CT molecular complexity index is 131. The number of thioether (sulfide) groups is 1. The first-order chi connectivity index (χ1) is 4.25. The van der Waals surface area contributed by atoms with Crippen LogP contribution in [0.25, 0.3) is 0 Å². The van der Waals surface area contributed by atoms with Crippen LogP contribution in [0.4, 0.5) is 0 Å². The van der Waals surface area contributed by atoms with Crippen LogP contribution in [-0.4, -0.2) is 24.0 Å². The predicted molar refractivity (Wildman–Crippen MR) is 39.5 cm³/mol. The van der Waals surface area contributed by atoms with Gasteiger partial charge in [-0.1, -0.05) is 0 Å². The van der Waals surface area contributed by atoms with Gasteiger partial charge in [-0.2, -0.15) is 0 Å². The van der Waals surface area contributed by atoms with Crippen molar-refractivity contribution in [3.05, 3.63) is 0 Å². The van der Waals surface area contributed by atoms with Gasteiger partial charge in [-0.25, -0.2) is 0 Å². The second-order valence-corrected chi connectivity index (χ2v) is 3.47. The molecule has 0 aliphatic heterocycles. The highest BCUT2D eigenvalue weighted by atomic mass is 32.2. The number of rotatable bonds is 2. The molecule has 1 aliphatic rings. The monoisotopic (exact) mass is 145 g/mol. The summed E-state index contributed by atoms with van der Waals surface area (Å²) in [6.07, 6.45) is 4.09. The van der Waals surface area contributed by atoms with Crippen molar-refractivity contribution in [2.75, 3.05) is 13.3 Å². The lowest BCUT2D eigenvalue weighted by Crippen LogP contribution is -2.30. The van der Waals surface area contributed by atoms with Crippen molar-refractivity contribution in [3.63, 3.8) is 0 Å². The molecule has 1 N–H and O–H groups in total. The Hall–Kier alpha value is -0.180. The van der Waals surface area contributed by atoms with Crippen LogP contribution >= 0.6 is 11.8 Å². The van der Waals surface area contributed by atoms with Gasteiger partial charge in [-0.05, 0) is 19.1 Å². The molecule has 52 valence electrons. The van der Waals surface area contributed by atoms with Gasteiger partial charge in [0.25, 0.3) is 0 Å². The van der Waals surface area contributed by atoms with Gasteiger partial charge >= 0.3 is 0 Å². The molecule has 1 aliphatic carbocycles. The summed E-state index contributed by atoms with van der Waals surface area (Å²) in [5.74, 6) is 0.190. The topological polar surface area (TPSA) is 29.1 Å². The molecule has 0 bridgehead atoms. The number of nitrogens with one attached hydrogen (secondary N) is 1. The van der Waals surface area contributed by atoms with E-state index in [0.29, 0.717) is 0 Å². The SMILES string of the molecule is CNC(=O)C1(SC)CC1. The fourth-order valence-corrected chi connectivity index (χ4v) is 1.66. The first-order valence-corrected chi connectivity index (χ1v) is 4.25. The first kappa shape index (κ1) is 6.93. The van der Waals surface area contributed by atoms with Gasteiger partial charge < -0.3 is 5.32 Å². The maximum Gasteiger partial charge on any atom is 0.235 e. The summed E-state index contributed by atoms with van der Waals surface area (Å²) in [6, 6.07) is 0. The molecule has 0 atom stereocenters. The van der Waals surface area contributed by atoms with Gasteiger partial charge in [-0.3, -0.25) is 4.79 Å². The zero-order chi connectivity index (χ0) is 6.91. The fourth-order valence-electron chi connectivity index (χ4n) is 0.865. The Morgan fingerprint density at radius 3 is 2.33 bits per heavy atom. The summed E-state index contributed by atoms with van der Waals surface area (Å²) in [5.41, 5.74) is 0. The third-order valence-corrected chi connectivity index (χ3v) is 3.11.